The summed E-state index contributed by atoms with van der Waals surface area (Å²) in [5.41, 5.74) is 0.916. The van der Waals surface area contributed by atoms with Gasteiger partial charge >= 0.3 is 0 Å². The van der Waals surface area contributed by atoms with Crippen LogP contribution in [0.5, 0.6) is 0 Å². The highest BCUT2D eigenvalue weighted by Crippen LogP contribution is 2.34. The molecule has 0 amide bonds. The summed E-state index contributed by atoms with van der Waals surface area (Å²) in [5, 5.41) is 3.13. The minimum absolute atomic E-state index is 0.316. The molecule has 2 aromatic rings. The number of carbonyl (C=O) groups excluding carboxylic acids is 1. The standard InChI is InChI=1S/C16H17BrOS/c17-14-7-3-6-12-13(10-19-16(12)14)15(18)9-8-11-4-1-2-5-11/h3,6-7,10-11H,1-2,4-5,8-9H2. The van der Waals surface area contributed by atoms with Gasteiger partial charge < -0.3 is 0 Å². The fourth-order valence-electron chi connectivity index (χ4n) is 3.01. The quantitative estimate of drug-likeness (QED) is 0.643. The third-order valence-electron chi connectivity index (χ3n) is 4.11. The fourth-order valence-corrected chi connectivity index (χ4v) is 4.63. The first-order valence-electron chi connectivity index (χ1n) is 6.94. The maximum absolute atomic E-state index is 12.4. The second-order valence-electron chi connectivity index (χ2n) is 5.38. The number of thiophene rings is 1. The van der Waals surface area contributed by atoms with Crippen molar-refractivity contribution >= 4 is 43.1 Å². The summed E-state index contributed by atoms with van der Waals surface area (Å²) in [6, 6.07) is 6.10. The highest BCUT2D eigenvalue weighted by molar-refractivity contribution is 9.10. The Bertz CT molecular complexity index is 596. The van der Waals surface area contributed by atoms with Crippen molar-refractivity contribution in [1.82, 2.24) is 0 Å². The molecule has 0 unspecified atom stereocenters. The first kappa shape index (κ1) is 13.3. The Morgan fingerprint density at radius 2 is 2.11 bits per heavy atom. The van der Waals surface area contributed by atoms with Crippen molar-refractivity contribution in [2.45, 2.75) is 38.5 Å². The van der Waals surface area contributed by atoms with Crippen molar-refractivity contribution < 1.29 is 4.79 Å². The van der Waals surface area contributed by atoms with E-state index in [9.17, 15) is 4.79 Å². The molecule has 0 N–H and O–H groups in total. The van der Waals surface area contributed by atoms with Gasteiger partial charge in [0.1, 0.15) is 0 Å². The molecule has 0 atom stereocenters. The van der Waals surface area contributed by atoms with Crippen molar-refractivity contribution in [1.29, 1.82) is 0 Å². The van der Waals surface area contributed by atoms with Gasteiger partial charge in [0.05, 0.1) is 0 Å². The first-order chi connectivity index (χ1) is 9.25. The molecular weight excluding hydrogens is 320 g/mol. The van der Waals surface area contributed by atoms with E-state index in [2.05, 4.69) is 22.0 Å². The number of Topliss-reactive ketones (excluding diaryl/α,β-unsaturated/α-hetero) is 1. The number of carbonyl (C=O) groups is 1. The summed E-state index contributed by atoms with van der Waals surface area (Å²) in [4.78, 5) is 12.4. The third-order valence-corrected chi connectivity index (χ3v) is 6.06. The largest absolute Gasteiger partial charge is 0.294 e. The topological polar surface area (TPSA) is 17.1 Å². The Hall–Kier alpha value is -0.670. The Balaban J connectivity index is 1.76. The highest BCUT2D eigenvalue weighted by atomic mass is 79.9. The van der Waals surface area contributed by atoms with Crippen LogP contribution in [0, 0.1) is 5.92 Å². The molecule has 1 nitrogen and oxygen atoms in total. The molecule has 1 fully saturated rings. The first-order valence-corrected chi connectivity index (χ1v) is 8.62. The van der Waals surface area contributed by atoms with Crippen LogP contribution in [0.2, 0.25) is 0 Å². The maximum atomic E-state index is 12.4. The van der Waals surface area contributed by atoms with Crippen molar-refractivity contribution in [3.63, 3.8) is 0 Å². The Labute approximate surface area is 126 Å². The summed E-state index contributed by atoms with van der Waals surface area (Å²) in [6.45, 7) is 0. The Kier molecular flexibility index (Phi) is 4.04. The molecule has 0 bridgehead atoms. The van der Waals surface area contributed by atoms with Gasteiger partial charge in [0, 0.05) is 31.9 Å². The summed E-state index contributed by atoms with van der Waals surface area (Å²) >= 11 is 5.21. The maximum Gasteiger partial charge on any atom is 0.164 e. The van der Waals surface area contributed by atoms with Crippen LogP contribution in [0.3, 0.4) is 0 Å². The van der Waals surface area contributed by atoms with Gasteiger partial charge in [-0.25, -0.2) is 0 Å². The van der Waals surface area contributed by atoms with Crippen LogP contribution in [0.4, 0.5) is 0 Å². The zero-order valence-corrected chi connectivity index (χ0v) is 13.2. The van der Waals surface area contributed by atoms with E-state index >= 15 is 0 Å². The minimum atomic E-state index is 0.316. The SMILES string of the molecule is O=C(CCC1CCCC1)c1csc2c(Br)cccc12. The van der Waals surface area contributed by atoms with Crippen molar-refractivity contribution in [3.05, 3.63) is 33.6 Å². The Morgan fingerprint density at radius 1 is 1.32 bits per heavy atom. The predicted octanol–water partition coefficient (Wildman–Crippen LogP) is 5.82. The normalized spacial score (nSPS) is 16.3. The second-order valence-corrected chi connectivity index (χ2v) is 7.11. The average molecular weight is 337 g/mol. The molecule has 1 heterocycles. The summed E-state index contributed by atoms with van der Waals surface area (Å²) in [7, 11) is 0. The van der Waals surface area contributed by atoms with E-state index in [1.807, 2.05) is 17.5 Å². The number of hydrogen-bond acceptors (Lipinski definition) is 2. The molecule has 1 aliphatic rings. The van der Waals surface area contributed by atoms with Gasteiger partial charge in [-0.3, -0.25) is 4.79 Å². The van der Waals surface area contributed by atoms with Crippen molar-refractivity contribution in [2.75, 3.05) is 0 Å². The number of hydrogen-bond donors (Lipinski definition) is 0. The van der Waals surface area contributed by atoms with Gasteiger partial charge in [0.2, 0.25) is 0 Å². The number of rotatable bonds is 4. The predicted molar refractivity (Wildman–Crippen MR) is 85.0 cm³/mol. The van der Waals surface area contributed by atoms with Gasteiger partial charge in [0.15, 0.2) is 5.78 Å². The monoisotopic (exact) mass is 336 g/mol. The number of fused-ring (bicyclic) bond motifs is 1. The van der Waals surface area contributed by atoms with Gasteiger partial charge in [-0.15, -0.1) is 11.3 Å². The molecule has 1 aliphatic carbocycles. The van der Waals surface area contributed by atoms with E-state index in [1.54, 1.807) is 11.3 Å². The highest BCUT2D eigenvalue weighted by Gasteiger charge is 2.18. The number of benzene rings is 1. The lowest BCUT2D eigenvalue weighted by atomic mass is 9.97. The molecule has 3 heteroatoms. The summed E-state index contributed by atoms with van der Waals surface area (Å²) in [5.74, 6) is 1.11. The van der Waals surface area contributed by atoms with Gasteiger partial charge in [-0.1, -0.05) is 37.8 Å². The lowest BCUT2D eigenvalue weighted by molar-refractivity contribution is 0.0976. The van der Waals surface area contributed by atoms with Crippen molar-refractivity contribution in [3.8, 4) is 0 Å². The molecule has 1 saturated carbocycles. The number of halogens is 1. The minimum Gasteiger partial charge on any atom is -0.294 e. The lowest BCUT2D eigenvalue weighted by Gasteiger charge is -2.07. The molecule has 19 heavy (non-hydrogen) atoms. The third kappa shape index (κ3) is 2.77. The van der Waals surface area contributed by atoms with E-state index in [4.69, 9.17) is 0 Å². The van der Waals surface area contributed by atoms with E-state index < -0.39 is 0 Å². The van der Waals surface area contributed by atoms with Crippen LogP contribution >= 0.6 is 27.3 Å². The molecule has 3 rings (SSSR count). The molecule has 0 spiro atoms. The van der Waals surface area contributed by atoms with Crippen LogP contribution in [0.25, 0.3) is 10.1 Å². The fraction of sp³-hybridized carbons (Fsp3) is 0.438. The summed E-state index contributed by atoms with van der Waals surface area (Å²) in [6.07, 6.45) is 7.14. The van der Waals surface area contributed by atoms with Gasteiger partial charge in [-0.05, 0) is 34.3 Å². The molecule has 100 valence electrons. The number of ketones is 1. The van der Waals surface area contributed by atoms with Crippen LogP contribution in [0.15, 0.2) is 28.1 Å². The zero-order chi connectivity index (χ0) is 13.2. The van der Waals surface area contributed by atoms with Crippen LogP contribution in [-0.2, 0) is 0 Å². The van der Waals surface area contributed by atoms with E-state index in [0.717, 1.165) is 27.8 Å². The second kappa shape index (κ2) is 5.76. The lowest BCUT2D eigenvalue weighted by Crippen LogP contribution is -2.02. The van der Waals surface area contributed by atoms with E-state index in [0.29, 0.717) is 12.2 Å². The smallest absolute Gasteiger partial charge is 0.164 e. The molecule has 1 aromatic heterocycles. The Morgan fingerprint density at radius 3 is 2.89 bits per heavy atom. The molecule has 1 aromatic carbocycles. The molecule has 0 saturated heterocycles. The average Bonchev–Trinajstić information content (AvgIpc) is 3.06. The van der Waals surface area contributed by atoms with Crippen LogP contribution < -0.4 is 0 Å². The van der Waals surface area contributed by atoms with Gasteiger partial charge in [0.25, 0.3) is 0 Å². The molecular formula is C16H17BrOS. The van der Waals surface area contributed by atoms with E-state index in [-0.39, 0.29) is 0 Å². The summed E-state index contributed by atoms with van der Waals surface area (Å²) < 4.78 is 2.27. The van der Waals surface area contributed by atoms with E-state index in [1.165, 1.54) is 30.4 Å². The molecule has 0 radical (unpaired) electrons. The van der Waals surface area contributed by atoms with Crippen LogP contribution in [-0.4, -0.2) is 5.78 Å². The zero-order valence-electron chi connectivity index (χ0n) is 10.8. The van der Waals surface area contributed by atoms with Gasteiger partial charge in [-0.2, -0.15) is 0 Å². The molecule has 0 aliphatic heterocycles. The van der Waals surface area contributed by atoms with Crippen LogP contribution in [0.1, 0.15) is 48.9 Å². The van der Waals surface area contributed by atoms with Crippen molar-refractivity contribution in [2.24, 2.45) is 5.92 Å².